The molecule has 0 aromatic heterocycles. The van der Waals surface area contributed by atoms with Crippen LogP contribution in [-0.4, -0.2) is 73.5 Å². The summed E-state index contributed by atoms with van der Waals surface area (Å²) in [6, 6.07) is 9.64. The Labute approximate surface area is 182 Å². The van der Waals surface area contributed by atoms with Gasteiger partial charge in [0.2, 0.25) is 5.91 Å². The van der Waals surface area contributed by atoms with Gasteiger partial charge in [0.15, 0.2) is 0 Å². The smallest absolute Gasteiger partial charge is 0.249 e. The Morgan fingerprint density at radius 3 is 2.37 bits per heavy atom. The van der Waals surface area contributed by atoms with E-state index in [-0.39, 0.29) is 0 Å². The predicted octanol–water partition coefficient (Wildman–Crippen LogP) is 3.76. The number of fused-ring (bicyclic) bond motifs is 1. The Bertz CT molecular complexity index is 723. The predicted molar refractivity (Wildman–Crippen MR) is 124 cm³/mol. The Hall–Kier alpha value is -1.65. The van der Waals surface area contributed by atoms with Gasteiger partial charge < -0.3 is 9.80 Å². The van der Waals surface area contributed by atoms with Crippen LogP contribution in [0.25, 0.3) is 0 Å². The molecule has 1 heterocycles. The number of amides is 1. The van der Waals surface area contributed by atoms with E-state index < -0.39 is 0 Å². The molecule has 30 heavy (non-hydrogen) atoms. The largest absolute Gasteiger partial charge is 0.339 e. The number of carbonyl (C=O) groups excluding carboxylic acids is 1. The molecule has 0 spiro atoms. The monoisotopic (exact) mass is 409 g/mol. The minimum absolute atomic E-state index is 0.319. The molecule has 164 valence electrons. The molecule has 1 saturated heterocycles. The molecule has 1 aromatic carbocycles. The fourth-order valence-corrected chi connectivity index (χ4v) is 5.53. The van der Waals surface area contributed by atoms with Crippen LogP contribution in [0.2, 0.25) is 0 Å². The highest BCUT2D eigenvalue weighted by molar-refractivity contribution is 5.93. The third-order valence-electron chi connectivity index (χ3n) is 7.31. The van der Waals surface area contributed by atoms with E-state index in [1.165, 1.54) is 38.8 Å². The number of rotatable bonds is 8. The first-order chi connectivity index (χ1) is 14.6. The van der Waals surface area contributed by atoms with Crippen molar-refractivity contribution >= 4 is 5.91 Å². The molecule has 0 unspecified atom stereocenters. The van der Waals surface area contributed by atoms with Crippen molar-refractivity contribution in [3.63, 3.8) is 0 Å². The van der Waals surface area contributed by atoms with Gasteiger partial charge in [-0.05, 0) is 102 Å². The fourth-order valence-electron chi connectivity index (χ4n) is 5.53. The lowest BCUT2D eigenvalue weighted by atomic mass is 9.94. The summed E-state index contributed by atoms with van der Waals surface area (Å²) >= 11 is 0. The lowest BCUT2D eigenvalue weighted by molar-refractivity contribution is -0.128. The van der Waals surface area contributed by atoms with Crippen LogP contribution in [0.1, 0.15) is 49.7 Å². The molecule has 0 bridgehead atoms. The summed E-state index contributed by atoms with van der Waals surface area (Å²) in [6.07, 6.45) is 11.3. The molecule has 4 heteroatoms. The van der Waals surface area contributed by atoms with Crippen LogP contribution in [0.5, 0.6) is 0 Å². The maximum absolute atomic E-state index is 13.1. The van der Waals surface area contributed by atoms with Crippen molar-refractivity contribution in [1.82, 2.24) is 14.7 Å². The second-order valence-corrected chi connectivity index (χ2v) is 9.84. The standard InChI is InChI=1S/C26H39N3O/c1-27(2)14-7-15-29(26(30)22-8-3-4-9-22)20-21-12-16-28(17-13-21)25-18-23-10-5-6-11-24(23)19-25/h5-6,8,10-11,21,25H,3-4,7,9,12-20H2,1-2H3. The van der Waals surface area contributed by atoms with Gasteiger partial charge in [-0.25, -0.2) is 0 Å². The van der Waals surface area contributed by atoms with Crippen LogP contribution >= 0.6 is 0 Å². The Morgan fingerprint density at radius 2 is 1.77 bits per heavy atom. The molecule has 4 rings (SSSR count). The lowest BCUT2D eigenvalue weighted by Crippen LogP contribution is -2.45. The van der Waals surface area contributed by atoms with Gasteiger partial charge in [-0.1, -0.05) is 30.3 Å². The van der Waals surface area contributed by atoms with E-state index in [2.05, 4.69) is 59.1 Å². The van der Waals surface area contributed by atoms with Crippen molar-refractivity contribution in [2.75, 3.05) is 46.8 Å². The topological polar surface area (TPSA) is 26.8 Å². The van der Waals surface area contributed by atoms with Gasteiger partial charge in [-0.3, -0.25) is 9.69 Å². The van der Waals surface area contributed by atoms with Gasteiger partial charge in [0.05, 0.1) is 0 Å². The van der Waals surface area contributed by atoms with Crippen LogP contribution in [-0.2, 0) is 17.6 Å². The molecular formula is C26H39N3O. The number of carbonyl (C=O) groups is 1. The molecule has 0 saturated carbocycles. The molecule has 0 radical (unpaired) electrons. The second-order valence-electron chi connectivity index (χ2n) is 9.84. The SMILES string of the molecule is CN(C)CCCN(CC1CCN(C2Cc3ccccc3C2)CC1)C(=O)C1=CCCC1. The maximum Gasteiger partial charge on any atom is 0.249 e. The number of allylic oxidation sites excluding steroid dienone is 1. The molecule has 2 aliphatic carbocycles. The summed E-state index contributed by atoms with van der Waals surface area (Å²) in [6.45, 7) is 5.26. The molecule has 1 amide bonds. The van der Waals surface area contributed by atoms with Gasteiger partial charge in [-0.2, -0.15) is 0 Å². The molecule has 1 fully saturated rings. The second kappa shape index (κ2) is 10.1. The summed E-state index contributed by atoms with van der Waals surface area (Å²) in [5.41, 5.74) is 4.17. The Morgan fingerprint density at radius 1 is 1.07 bits per heavy atom. The summed E-state index contributed by atoms with van der Waals surface area (Å²) in [5, 5.41) is 0. The first-order valence-electron chi connectivity index (χ1n) is 12.0. The molecule has 1 aliphatic heterocycles. The number of benzene rings is 1. The summed E-state index contributed by atoms with van der Waals surface area (Å²) in [4.78, 5) is 20.2. The lowest BCUT2D eigenvalue weighted by Gasteiger charge is -2.38. The van der Waals surface area contributed by atoms with E-state index in [9.17, 15) is 4.79 Å². The van der Waals surface area contributed by atoms with Crippen molar-refractivity contribution in [3.8, 4) is 0 Å². The number of nitrogens with zero attached hydrogens (tertiary/aromatic N) is 3. The van der Waals surface area contributed by atoms with Crippen molar-refractivity contribution in [1.29, 1.82) is 0 Å². The summed E-state index contributed by atoms with van der Waals surface area (Å²) in [7, 11) is 4.23. The van der Waals surface area contributed by atoms with E-state index >= 15 is 0 Å². The third-order valence-corrected chi connectivity index (χ3v) is 7.31. The highest BCUT2D eigenvalue weighted by Crippen LogP contribution is 2.29. The molecule has 1 aromatic rings. The molecule has 0 atom stereocenters. The minimum Gasteiger partial charge on any atom is -0.339 e. The van der Waals surface area contributed by atoms with E-state index in [4.69, 9.17) is 0 Å². The Kier molecular flexibility index (Phi) is 7.27. The number of likely N-dealkylation sites (tertiary alicyclic amines) is 1. The normalized spacial score (nSPS) is 20.6. The minimum atomic E-state index is 0.319. The zero-order valence-corrected chi connectivity index (χ0v) is 19.0. The van der Waals surface area contributed by atoms with Crippen LogP contribution < -0.4 is 0 Å². The average Bonchev–Trinajstić information content (AvgIpc) is 3.42. The number of hydrogen-bond acceptors (Lipinski definition) is 3. The van der Waals surface area contributed by atoms with Crippen LogP contribution in [0.15, 0.2) is 35.9 Å². The van der Waals surface area contributed by atoms with Crippen molar-refractivity contribution in [2.24, 2.45) is 5.92 Å². The Balaban J connectivity index is 1.29. The highest BCUT2D eigenvalue weighted by atomic mass is 16.2. The first-order valence-corrected chi connectivity index (χ1v) is 12.0. The van der Waals surface area contributed by atoms with Gasteiger partial charge in [0.1, 0.15) is 0 Å². The average molecular weight is 410 g/mol. The van der Waals surface area contributed by atoms with Crippen LogP contribution in [0, 0.1) is 5.92 Å². The molecule has 4 nitrogen and oxygen atoms in total. The first kappa shape index (κ1) is 21.6. The van der Waals surface area contributed by atoms with Gasteiger partial charge in [0, 0.05) is 24.7 Å². The van der Waals surface area contributed by atoms with Gasteiger partial charge in [-0.15, -0.1) is 0 Å². The van der Waals surface area contributed by atoms with E-state index in [0.29, 0.717) is 17.9 Å². The molecule has 0 N–H and O–H groups in total. The summed E-state index contributed by atoms with van der Waals surface area (Å²) < 4.78 is 0. The van der Waals surface area contributed by atoms with E-state index in [1.807, 2.05) is 0 Å². The third kappa shape index (κ3) is 5.33. The van der Waals surface area contributed by atoms with Crippen molar-refractivity contribution in [3.05, 3.63) is 47.0 Å². The molecule has 3 aliphatic rings. The maximum atomic E-state index is 13.1. The zero-order valence-electron chi connectivity index (χ0n) is 19.0. The van der Waals surface area contributed by atoms with Gasteiger partial charge >= 0.3 is 0 Å². The van der Waals surface area contributed by atoms with Crippen molar-refractivity contribution < 1.29 is 4.79 Å². The highest BCUT2D eigenvalue weighted by Gasteiger charge is 2.31. The van der Waals surface area contributed by atoms with Gasteiger partial charge in [0.25, 0.3) is 0 Å². The zero-order chi connectivity index (χ0) is 20.9. The van der Waals surface area contributed by atoms with E-state index in [0.717, 1.165) is 50.9 Å². The number of hydrogen-bond donors (Lipinski definition) is 0. The van der Waals surface area contributed by atoms with E-state index in [1.54, 1.807) is 11.1 Å². The van der Waals surface area contributed by atoms with Crippen molar-refractivity contribution in [2.45, 2.75) is 57.4 Å². The quantitative estimate of drug-likeness (QED) is 0.654. The van der Waals surface area contributed by atoms with Crippen LogP contribution in [0.3, 0.4) is 0 Å². The van der Waals surface area contributed by atoms with Crippen LogP contribution in [0.4, 0.5) is 0 Å². The summed E-state index contributed by atoms with van der Waals surface area (Å²) in [5.74, 6) is 0.968. The number of piperidine rings is 1. The molecular weight excluding hydrogens is 370 g/mol. The fraction of sp³-hybridized carbons (Fsp3) is 0.654.